The van der Waals surface area contributed by atoms with Crippen molar-refractivity contribution in [1.29, 1.82) is 0 Å². The van der Waals surface area contributed by atoms with Crippen molar-refractivity contribution in [3.8, 4) is 0 Å². The third-order valence-electron chi connectivity index (χ3n) is 1.41. The van der Waals surface area contributed by atoms with Crippen molar-refractivity contribution in [3.05, 3.63) is 22.3 Å². The zero-order valence-electron chi connectivity index (χ0n) is 6.21. The topological polar surface area (TPSA) is 64.9 Å². The van der Waals surface area contributed by atoms with E-state index in [0.717, 1.165) is 10.0 Å². The smallest absolute Gasteiger partial charge is 0.128 e. The second kappa shape index (κ2) is 3.19. The Bertz CT molecular complexity index is 260. The van der Waals surface area contributed by atoms with E-state index in [1.807, 2.05) is 13.0 Å². The summed E-state index contributed by atoms with van der Waals surface area (Å²) in [6.07, 6.45) is 1.65. The minimum atomic E-state index is -0.0694. The summed E-state index contributed by atoms with van der Waals surface area (Å²) >= 11 is 3.29. The summed E-state index contributed by atoms with van der Waals surface area (Å²) in [6, 6.07) is 1.81. The molecule has 4 heteroatoms. The van der Waals surface area contributed by atoms with Crippen LogP contribution in [0.1, 0.15) is 18.5 Å². The van der Waals surface area contributed by atoms with Gasteiger partial charge in [0.1, 0.15) is 5.82 Å². The maximum absolute atomic E-state index is 5.64. The number of pyridine rings is 1. The minimum absolute atomic E-state index is 0.0694. The Labute approximate surface area is 73.9 Å². The molecule has 1 heterocycles. The Morgan fingerprint density at radius 1 is 1.64 bits per heavy atom. The fraction of sp³-hybridized carbons (Fsp3) is 0.286. The van der Waals surface area contributed by atoms with Crippen molar-refractivity contribution < 1.29 is 0 Å². The molecule has 0 aromatic carbocycles. The number of halogens is 1. The van der Waals surface area contributed by atoms with E-state index in [2.05, 4.69) is 20.9 Å². The van der Waals surface area contributed by atoms with Crippen molar-refractivity contribution in [2.45, 2.75) is 13.0 Å². The molecule has 1 rings (SSSR count). The average Bonchev–Trinajstić information content (AvgIpc) is 1.94. The molecule has 0 spiro atoms. The number of rotatable bonds is 1. The molecule has 0 aliphatic heterocycles. The fourth-order valence-electron chi connectivity index (χ4n) is 0.830. The van der Waals surface area contributed by atoms with Crippen molar-refractivity contribution in [2.24, 2.45) is 5.73 Å². The molecule has 0 saturated heterocycles. The van der Waals surface area contributed by atoms with Gasteiger partial charge in [0.05, 0.1) is 0 Å². The number of aromatic nitrogens is 1. The highest BCUT2D eigenvalue weighted by Crippen LogP contribution is 2.19. The minimum Gasteiger partial charge on any atom is -0.383 e. The predicted octanol–water partition coefficient (Wildman–Crippen LogP) is 1.45. The van der Waals surface area contributed by atoms with Gasteiger partial charge in [0.15, 0.2) is 0 Å². The number of hydrogen-bond donors (Lipinski definition) is 2. The normalized spacial score (nSPS) is 13.0. The Morgan fingerprint density at radius 3 is 2.73 bits per heavy atom. The van der Waals surface area contributed by atoms with E-state index in [1.54, 1.807) is 6.20 Å². The van der Waals surface area contributed by atoms with E-state index < -0.39 is 0 Å². The van der Waals surface area contributed by atoms with Crippen LogP contribution in [0.25, 0.3) is 0 Å². The van der Waals surface area contributed by atoms with Gasteiger partial charge in [0.2, 0.25) is 0 Å². The van der Waals surface area contributed by atoms with Crippen LogP contribution in [0.2, 0.25) is 0 Å². The van der Waals surface area contributed by atoms with Gasteiger partial charge in [-0.05, 0) is 28.9 Å². The zero-order chi connectivity index (χ0) is 8.43. The van der Waals surface area contributed by atoms with Crippen LogP contribution in [-0.4, -0.2) is 4.98 Å². The van der Waals surface area contributed by atoms with Crippen LogP contribution in [0.3, 0.4) is 0 Å². The van der Waals surface area contributed by atoms with Gasteiger partial charge in [-0.3, -0.25) is 0 Å². The van der Waals surface area contributed by atoms with Gasteiger partial charge in [-0.15, -0.1) is 0 Å². The average molecular weight is 216 g/mol. The molecule has 60 valence electrons. The van der Waals surface area contributed by atoms with Crippen LogP contribution in [-0.2, 0) is 0 Å². The molecular weight excluding hydrogens is 206 g/mol. The van der Waals surface area contributed by atoms with Gasteiger partial charge in [0.25, 0.3) is 0 Å². The van der Waals surface area contributed by atoms with Crippen molar-refractivity contribution >= 4 is 21.7 Å². The lowest BCUT2D eigenvalue weighted by Gasteiger charge is -2.07. The van der Waals surface area contributed by atoms with Gasteiger partial charge in [-0.1, -0.05) is 0 Å². The van der Waals surface area contributed by atoms with Crippen molar-refractivity contribution in [2.75, 3.05) is 5.73 Å². The van der Waals surface area contributed by atoms with Crippen LogP contribution >= 0.6 is 15.9 Å². The molecule has 0 amide bonds. The number of nitrogen functional groups attached to an aromatic ring is 1. The van der Waals surface area contributed by atoms with Crippen molar-refractivity contribution in [3.63, 3.8) is 0 Å². The van der Waals surface area contributed by atoms with E-state index in [1.165, 1.54) is 0 Å². The Balaban J connectivity index is 3.13. The highest BCUT2D eigenvalue weighted by Gasteiger charge is 2.04. The Hall–Kier alpha value is -0.610. The largest absolute Gasteiger partial charge is 0.383 e. The first kappa shape index (κ1) is 8.49. The number of nitrogens with zero attached hydrogens (tertiary/aromatic N) is 1. The quantitative estimate of drug-likeness (QED) is 0.746. The van der Waals surface area contributed by atoms with Gasteiger partial charge in [0, 0.05) is 22.3 Å². The molecule has 0 radical (unpaired) electrons. The van der Waals surface area contributed by atoms with E-state index in [0.29, 0.717) is 5.82 Å². The molecule has 0 bridgehead atoms. The Morgan fingerprint density at radius 2 is 2.27 bits per heavy atom. The van der Waals surface area contributed by atoms with E-state index in [4.69, 9.17) is 11.5 Å². The highest BCUT2D eigenvalue weighted by molar-refractivity contribution is 9.10. The summed E-state index contributed by atoms with van der Waals surface area (Å²) in [5, 5.41) is 0. The number of hydrogen-bond acceptors (Lipinski definition) is 3. The summed E-state index contributed by atoms with van der Waals surface area (Å²) in [4.78, 5) is 3.95. The molecule has 3 nitrogen and oxygen atoms in total. The molecule has 0 aliphatic rings. The molecule has 0 aliphatic carbocycles. The van der Waals surface area contributed by atoms with Gasteiger partial charge in [-0.2, -0.15) is 0 Å². The van der Waals surface area contributed by atoms with Crippen molar-refractivity contribution in [1.82, 2.24) is 4.98 Å². The fourth-order valence-corrected chi connectivity index (χ4v) is 1.18. The molecule has 0 saturated carbocycles. The molecule has 1 aromatic heterocycles. The molecule has 11 heavy (non-hydrogen) atoms. The molecule has 1 unspecified atom stereocenters. The van der Waals surface area contributed by atoms with Gasteiger partial charge >= 0.3 is 0 Å². The first-order valence-electron chi connectivity index (χ1n) is 3.27. The van der Waals surface area contributed by atoms with Crippen LogP contribution in [0, 0.1) is 0 Å². The van der Waals surface area contributed by atoms with E-state index in [-0.39, 0.29) is 6.04 Å². The molecular formula is C7H10BrN3. The second-order valence-corrected chi connectivity index (χ2v) is 3.33. The summed E-state index contributed by atoms with van der Waals surface area (Å²) in [5.74, 6) is 0.503. The van der Waals surface area contributed by atoms with Gasteiger partial charge < -0.3 is 11.5 Å². The highest BCUT2D eigenvalue weighted by atomic mass is 79.9. The Kier molecular flexibility index (Phi) is 2.46. The molecule has 4 N–H and O–H groups in total. The molecule has 1 aromatic rings. The maximum Gasteiger partial charge on any atom is 0.128 e. The third-order valence-corrected chi connectivity index (χ3v) is 1.84. The number of anilines is 1. The monoisotopic (exact) mass is 215 g/mol. The second-order valence-electron chi connectivity index (χ2n) is 2.42. The summed E-state index contributed by atoms with van der Waals surface area (Å²) in [6.45, 7) is 1.87. The van der Waals surface area contributed by atoms with E-state index >= 15 is 0 Å². The zero-order valence-corrected chi connectivity index (χ0v) is 7.80. The lowest BCUT2D eigenvalue weighted by molar-refractivity contribution is 0.815. The first-order valence-corrected chi connectivity index (χ1v) is 4.07. The standard InChI is InChI=1S/C7H10BrN3/c1-4(9)6-2-5(8)3-11-7(6)10/h2-4H,9H2,1H3,(H2,10,11). The summed E-state index contributed by atoms with van der Waals surface area (Å²) < 4.78 is 0.902. The first-order chi connectivity index (χ1) is 5.11. The summed E-state index contributed by atoms with van der Waals surface area (Å²) in [7, 11) is 0. The lowest BCUT2D eigenvalue weighted by Crippen LogP contribution is -2.09. The van der Waals surface area contributed by atoms with Crippen LogP contribution < -0.4 is 11.5 Å². The summed E-state index contributed by atoms with van der Waals surface area (Å²) in [5.41, 5.74) is 12.1. The van der Waals surface area contributed by atoms with Crippen LogP contribution in [0.5, 0.6) is 0 Å². The number of nitrogens with two attached hydrogens (primary N) is 2. The van der Waals surface area contributed by atoms with E-state index in [9.17, 15) is 0 Å². The van der Waals surface area contributed by atoms with Crippen LogP contribution in [0.15, 0.2) is 16.7 Å². The predicted molar refractivity (Wildman–Crippen MR) is 49.0 cm³/mol. The third kappa shape index (κ3) is 1.91. The molecule has 1 atom stereocenters. The molecule has 0 fully saturated rings. The lowest BCUT2D eigenvalue weighted by atomic mass is 10.1. The SMILES string of the molecule is CC(N)c1cc(Br)cnc1N. The van der Waals surface area contributed by atoms with Crippen LogP contribution in [0.4, 0.5) is 5.82 Å². The van der Waals surface area contributed by atoms with Gasteiger partial charge in [-0.25, -0.2) is 4.98 Å². The maximum atomic E-state index is 5.64.